The predicted molar refractivity (Wildman–Crippen MR) is 91.0 cm³/mol. The molecule has 4 rings (SSSR count). The molecule has 0 aliphatic carbocycles. The van der Waals surface area contributed by atoms with Gasteiger partial charge in [0.25, 0.3) is 0 Å². The Morgan fingerprint density at radius 1 is 0.917 bits per heavy atom. The lowest BCUT2D eigenvalue weighted by molar-refractivity contribution is 0.628. The maximum Gasteiger partial charge on any atom is 0.163 e. The summed E-state index contributed by atoms with van der Waals surface area (Å²) in [5.41, 5.74) is 5.55. The second-order valence-electron chi connectivity index (χ2n) is 5.48. The smallest absolute Gasteiger partial charge is 0.163 e. The van der Waals surface area contributed by atoms with Gasteiger partial charge in [-0.05, 0) is 42.3 Å². The number of aryl methyl sites for hydroxylation is 1. The van der Waals surface area contributed by atoms with Gasteiger partial charge in [-0.25, -0.2) is 13.9 Å². The topological polar surface area (TPSA) is 43.1 Å². The Kier molecular flexibility index (Phi) is 3.54. The third-order valence-corrected chi connectivity index (χ3v) is 4.03. The molecule has 24 heavy (non-hydrogen) atoms. The first-order chi connectivity index (χ1) is 11.8. The van der Waals surface area contributed by atoms with E-state index >= 15 is 0 Å². The summed E-state index contributed by atoms with van der Waals surface area (Å²) in [6.07, 6.45) is 6.06. The SMILES string of the molecule is CCc1nn2c(-c3ccncc3)ccnc2c1-c1ccc(F)cc1. The first-order valence-corrected chi connectivity index (χ1v) is 7.81. The second kappa shape index (κ2) is 5.85. The second-order valence-corrected chi connectivity index (χ2v) is 5.48. The molecule has 0 fully saturated rings. The highest BCUT2D eigenvalue weighted by molar-refractivity contribution is 5.81. The molecular formula is C19H15FN4. The fourth-order valence-electron chi connectivity index (χ4n) is 2.89. The van der Waals surface area contributed by atoms with E-state index < -0.39 is 0 Å². The first kappa shape index (κ1) is 14.5. The standard InChI is InChI=1S/C19H15FN4/c1-2-16-18(14-3-5-15(20)6-4-14)19-22-12-9-17(24(19)23-16)13-7-10-21-11-8-13/h3-12H,2H2,1H3. The first-order valence-electron chi connectivity index (χ1n) is 7.81. The lowest BCUT2D eigenvalue weighted by Crippen LogP contribution is -1.96. The molecule has 0 N–H and O–H groups in total. The van der Waals surface area contributed by atoms with Gasteiger partial charge in [-0.1, -0.05) is 19.1 Å². The lowest BCUT2D eigenvalue weighted by Gasteiger charge is -2.05. The molecule has 0 spiro atoms. The average molecular weight is 318 g/mol. The van der Waals surface area contributed by atoms with Crippen LogP contribution in [0, 0.1) is 5.82 Å². The highest BCUT2D eigenvalue weighted by Crippen LogP contribution is 2.30. The Balaban J connectivity index is 2.00. The highest BCUT2D eigenvalue weighted by Gasteiger charge is 2.17. The average Bonchev–Trinajstić information content (AvgIpc) is 3.02. The van der Waals surface area contributed by atoms with Gasteiger partial charge in [0.05, 0.1) is 11.4 Å². The minimum Gasteiger partial charge on any atom is -0.265 e. The van der Waals surface area contributed by atoms with Crippen molar-refractivity contribution in [1.82, 2.24) is 19.6 Å². The molecule has 3 aromatic heterocycles. The van der Waals surface area contributed by atoms with Crippen LogP contribution < -0.4 is 0 Å². The number of benzene rings is 1. The molecule has 0 bridgehead atoms. The van der Waals surface area contributed by atoms with Crippen LogP contribution in [0.15, 0.2) is 61.1 Å². The van der Waals surface area contributed by atoms with Crippen molar-refractivity contribution >= 4 is 5.65 Å². The van der Waals surface area contributed by atoms with Crippen LogP contribution in [0.3, 0.4) is 0 Å². The van der Waals surface area contributed by atoms with E-state index in [1.54, 1.807) is 30.7 Å². The molecule has 4 nitrogen and oxygen atoms in total. The molecule has 4 aromatic rings. The molecule has 3 heterocycles. The number of nitrogens with zero attached hydrogens (tertiary/aromatic N) is 4. The molecule has 0 amide bonds. The zero-order valence-corrected chi connectivity index (χ0v) is 13.1. The Morgan fingerprint density at radius 2 is 1.67 bits per heavy atom. The van der Waals surface area contributed by atoms with Gasteiger partial charge in [0.15, 0.2) is 5.65 Å². The van der Waals surface area contributed by atoms with Crippen molar-refractivity contribution in [3.05, 3.63) is 72.6 Å². The molecule has 118 valence electrons. The number of hydrogen-bond donors (Lipinski definition) is 0. The minimum atomic E-state index is -0.251. The summed E-state index contributed by atoms with van der Waals surface area (Å²) in [7, 11) is 0. The van der Waals surface area contributed by atoms with Gasteiger partial charge >= 0.3 is 0 Å². The molecule has 0 saturated heterocycles. The van der Waals surface area contributed by atoms with E-state index in [4.69, 9.17) is 5.10 Å². The van der Waals surface area contributed by atoms with Crippen LogP contribution in [0.25, 0.3) is 28.0 Å². The normalized spacial score (nSPS) is 11.1. The highest BCUT2D eigenvalue weighted by atomic mass is 19.1. The fraction of sp³-hybridized carbons (Fsp3) is 0.105. The molecule has 0 radical (unpaired) electrons. The van der Waals surface area contributed by atoms with Crippen LogP contribution in [-0.2, 0) is 6.42 Å². The monoisotopic (exact) mass is 318 g/mol. The molecule has 0 aliphatic rings. The van der Waals surface area contributed by atoms with Crippen molar-refractivity contribution in [1.29, 1.82) is 0 Å². The van der Waals surface area contributed by atoms with Crippen molar-refractivity contribution in [2.75, 3.05) is 0 Å². The summed E-state index contributed by atoms with van der Waals surface area (Å²) < 4.78 is 15.1. The van der Waals surface area contributed by atoms with Gasteiger partial charge in [0.1, 0.15) is 5.82 Å². The zero-order valence-electron chi connectivity index (χ0n) is 13.1. The number of halogens is 1. The van der Waals surface area contributed by atoms with E-state index in [9.17, 15) is 4.39 Å². The third kappa shape index (κ3) is 2.34. The molecule has 0 saturated carbocycles. The molecule has 5 heteroatoms. The van der Waals surface area contributed by atoms with Crippen LogP contribution in [0.1, 0.15) is 12.6 Å². The maximum absolute atomic E-state index is 13.3. The molecule has 1 aromatic carbocycles. The van der Waals surface area contributed by atoms with E-state index in [1.165, 1.54) is 12.1 Å². The van der Waals surface area contributed by atoms with Crippen LogP contribution in [0.2, 0.25) is 0 Å². The van der Waals surface area contributed by atoms with E-state index in [0.717, 1.165) is 40.1 Å². The molecule has 0 aliphatic heterocycles. The summed E-state index contributed by atoms with van der Waals surface area (Å²) in [6.45, 7) is 2.06. The van der Waals surface area contributed by atoms with E-state index in [2.05, 4.69) is 16.9 Å². The summed E-state index contributed by atoms with van der Waals surface area (Å²) in [5.74, 6) is -0.251. The number of rotatable bonds is 3. The largest absolute Gasteiger partial charge is 0.265 e. The van der Waals surface area contributed by atoms with Crippen molar-refractivity contribution in [3.63, 3.8) is 0 Å². The number of hydrogen-bond acceptors (Lipinski definition) is 3. The van der Waals surface area contributed by atoms with Crippen molar-refractivity contribution < 1.29 is 4.39 Å². The Morgan fingerprint density at radius 3 is 2.38 bits per heavy atom. The minimum absolute atomic E-state index is 0.251. The van der Waals surface area contributed by atoms with Gasteiger partial charge < -0.3 is 0 Å². The Hall–Kier alpha value is -3.08. The molecule has 0 atom stereocenters. The van der Waals surface area contributed by atoms with E-state index in [0.29, 0.717) is 0 Å². The third-order valence-electron chi connectivity index (χ3n) is 4.03. The fourth-order valence-corrected chi connectivity index (χ4v) is 2.89. The molecule has 0 unspecified atom stereocenters. The predicted octanol–water partition coefficient (Wildman–Crippen LogP) is 4.16. The number of fused-ring (bicyclic) bond motifs is 1. The lowest BCUT2D eigenvalue weighted by atomic mass is 10.0. The zero-order chi connectivity index (χ0) is 16.5. The summed E-state index contributed by atoms with van der Waals surface area (Å²) in [5, 5.41) is 4.75. The summed E-state index contributed by atoms with van der Waals surface area (Å²) >= 11 is 0. The Labute approximate surface area is 138 Å². The maximum atomic E-state index is 13.3. The van der Waals surface area contributed by atoms with Gasteiger partial charge in [-0.3, -0.25) is 4.98 Å². The van der Waals surface area contributed by atoms with Gasteiger partial charge in [0.2, 0.25) is 0 Å². The molecular weight excluding hydrogens is 303 g/mol. The quantitative estimate of drug-likeness (QED) is 0.569. The van der Waals surface area contributed by atoms with Crippen molar-refractivity contribution in [2.45, 2.75) is 13.3 Å². The van der Waals surface area contributed by atoms with Gasteiger partial charge in [-0.15, -0.1) is 0 Å². The van der Waals surface area contributed by atoms with Crippen LogP contribution in [0.5, 0.6) is 0 Å². The number of aromatic nitrogens is 4. The van der Waals surface area contributed by atoms with Gasteiger partial charge in [-0.2, -0.15) is 5.10 Å². The van der Waals surface area contributed by atoms with Crippen molar-refractivity contribution in [3.8, 4) is 22.4 Å². The van der Waals surface area contributed by atoms with Crippen LogP contribution in [0.4, 0.5) is 4.39 Å². The van der Waals surface area contributed by atoms with Crippen molar-refractivity contribution in [2.24, 2.45) is 0 Å². The summed E-state index contributed by atoms with van der Waals surface area (Å²) in [4.78, 5) is 8.59. The van der Waals surface area contributed by atoms with Crippen LogP contribution >= 0.6 is 0 Å². The van der Waals surface area contributed by atoms with E-state index in [1.807, 2.05) is 22.7 Å². The van der Waals surface area contributed by atoms with Gasteiger partial charge in [0, 0.05) is 29.7 Å². The van der Waals surface area contributed by atoms with E-state index in [-0.39, 0.29) is 5.82 Å². The number of pyridine rings is 1. The Bertz CT molecular complexity index is 991. The van der Waals surface area contributed by atoms with Crippen LogP contribution in [-0.4, -0.2) is 19.6 Å². The summed E-state index contributed by atoms with van der Waals surface area (Å²) in [6, 6.07) is 12.3.